The molecule has 0 saturated carbocycles. The van der Waals surface area contributed by atoms with Crippen LogP contribution in [0.3, 0.4) is 0 Å². The van der Waals surface area contributed by atoms with E-state index in [1.165, 1.54) is 7.05 Å². The van der Waals surface area contributed by atoms with Crippen molar-refractivity contribution in [2.75, 3.05) is 26.0 Å². The van der Waals surface area contributed by atoms with Crippen molar-refractivity contribution in [2.45, 2.75) is 57.2 Å². The second-order valence-electron chi connectivity index (χ2n) is 10.1. The Morgan fingerprint density at radius 1 is 1.16 bits per heavy atom. The van der Waals surface area contributed by atoms with Crippen LogP contribution in [0.2, 0.25) is 0 Å². The first kappa shape index (κ1) is 25.6. The Morgan fingerprint density at radius 3 is 2.66 bits per heavy atom. The number of imide groups is 1. The van der Waals surface area contributed by atoms with Gasteiger partial charge in [-0.1, -0.05) is 12.1 Å². The van der Waals surface area contributed by atoms with Gasteiger partial charge < -0.3 is 25.0 Å². The lowest BCUT2D eigenvalue weighted by molar-refractivity contribution is -0.143. The summed E-state index contributed by atoms with van der Waals surface area (Å²) in [5.41, 5.74) is 2.59. The van der Waals surface area contributed by atoms with Crippen LogP contribution in [0.4, 0.5) is 15.3 Å². The van der Waals surface area contributed by atoms with Crippen molar-refractivity contribution in [3.8, 4) is 5.75 Å². The van der Waals surface area contributed by atoms with Crippen molar-refractivity contribution in [1.82, 2.24) is 15.1 Å². The minimum Gasteiger partial charge on any atom is -0.497 e. The van der Waals surface area contributed by atoms with E-state index in [0.717, 1.165) is 40.2 Å². The highest BCUT2D eigenvalue weighted by Crippen LogP contribution is 2.46. The molecule has 2 aromatic carbocycles. The molecule has 2 aromatic rings. The lowest BCUT2D eigenvalue weighted by atomic mass is 9.94. The van der Waals surface area contributed by atoms with Crippen molar-refractivity contribution in [3.05, 3.63) is 58.7 Å². The number of benzene rings is 2. The summed E-state index contributed by atoms with van der Waals surface area (Å²) in [6.07, 6.45) is 1.59. The van der Waals surface area contributed by atoms with Crippen molar-refractivity contribution in [2.24, 2.45) is 0 Å². The number of anilines is 1. The maximum absolute atomic E-state index is 13.6. The van der Waals surface area contributed by atoms with E-state index in [1.807, 2.05) is 32.0 Å². The normalized spacial score (nSPS) is 24.0. The van der Waals surface area contributed by atoms with E-state index >= 15 is 0 Å². The summed E-state index contributed by atoms with van der Waals surface area (Å²) in [7, 11) is 3.14. The standard InChI is InChI=1S/C28H32N4O6/c1-16-13-20(37-4)7-8-21(16)23-10-5-17(2)32(23)24(33)15-31-25(34)28(38-27(31)36)12-11-18-14-19(6-9-22(18)28)30-26(35)29-3/h6-9,13-14,17,23H,5,10-12,15H2,1-4H3,(H2,29,30,35)/t17-,23-,28+/m0/s1. The van der Waals surface area contributed by atoms with Gasteiger partial charge in [-0.25, -0.2) is 14.5 Å². The van der Waals surface area contributed by atoms with Crippen LogP contribution in [0.5, 0.6) is 5.75 Å². The number of urea groups is 1. The van der Waals surface area contributed by atoms with Gasteiger partial charge in [0.2, 0.25) is 11.5 Å². The van der Waals surface area contributed by atoms with Gasteiger partial charge in [-0.3, -0.25) is 9.59 Å². The van der Waals surface area contributed by atoms with Crippen molar-refractivity contribution in [3.63, 3.8) is 0 Å². The molecule has 0 radical (unpaired) electrons. The molecular weight excluding hydrogens is 488 g/mol. The summed E-state index contributed by atoms with van der Waals surface area (Å²) in [6, 6.07) is 10.4. The molecule has 200 valence electrons. The van der Waals surface area contributed by atoms with Crippen LogP contribution in [0, 0.1) is 6.92 Å². The van der Waals surface area contributed by atoms with E-state index in [0.29, 0.717) is 17.7 Å². The van der Waals surface area contributed by atoms with E-state index in [4.69, 9.17) is 9.47 Å². The molecule has 3 atom stereocenters. The lowest BCUT2D eigenvalue weighted by Crippen LogP contribution is -2.46. The average Bonchev–Trinajstić information content (AvgIpc) is 3.53. The summed E-state index contributed by atoms with van der Waals surface area (Å²) < 4.78 is 11.0. The molecule has 0 unspecified atom stereocenters. The van der Waals surface area contributed by atoms with Gasteiger partial charge in [-0.15, -0.1) is 0 Å². The lowest BCUT2D eigenvalue weighted by Gasteiger charge is -2.31. The van der Waals surface area contributed by atoms with Gasteiger partial charge in [0, 0.05) is 30.8 Å². The van der Waals surface area contributed by atoms with Crippen molar-refractivity contribution < 1.29 is 28.7 Å². The van der Waals surface area contributed by atoms with Crippen LogP contribution >= 0.6 is 0 Å². The smallest absolute Gasteiger partial charge is 0.418 e. The third kappa shape index (κ3) is 4.13. The van der Waals surface area contributed by atoms with E-state index in [9.17, 15) is 19.2 Å². The van der Waals surface area contributed by atoms with Crippen molar-refractivity contribution in [1.29, 1.82) is 0 Å². The zero-order valence-electron chi connectivity index (χ0n) is 22.0. The number of hydrogen-bond acceptors (Lipinski definition) is 6. The molecule has 0 bridgehead atoms. The minimum absolute atomic E-state index is 0.0323. The Morgan fingerprint density at radius 2 is 1.95 bits per heavy atom. The predicted octanol–water partition coefficient (Wildman–Crippen LogP) is 3.63. The highest BCUT2D eigenvalue weighted by atomic mass is 16.6. The molecule has 0 aromatic heterocycles. The molecule has 5 rings (SSSR count). The number of methoxy groups -OCH3 is 1. The molecule has 2 heterocycles. The number of rotatable bonds is 5. The van der Waals surface area contributed by atoms with Gasteiger partial charge in [0.1, 0.15) is 12.3 Å². The zero-order chi connectivity index (χ0) is 27.2. The van der Waals surface area contributed by atoms with Gasteiger partial charge in [0.25, 0.3) is 5.91 Å². The molecule has 1 aliphatic carbocycles. The largest absolute Gasteiger partial charge is 0.497 e. The Labute approximate surface area is 221 Å². The Bertz CT molecular complexity index is 1330. The fourth-order valence-electron chi connectivity index (χ4n) is 6.00. The van der Waals surface area contributed by atoms with Crippen LogP contribution in [0.25, 0.3) is 0 Å². The van der Waals surface area contributed by atoms with E-state index < -0.39 is 17.6 Å². The first-order valence-electron chi connectivity index (χ1n) is 12.8. The molecule has 2 saturated heterocycles. The van der Waals surface area contributed by atoms with Gasteiger partial charge in [0.05, 0.1) is 13.2 Å². The minimum atomic E-state index is -1.44. The summed E-state index contributed by atoms with van der Waals surface area (Å²) in [6.45, 7) is 3.60. The van der Waals surface area contributed by atoms with Crippen LogP contribution in [0.1, 0.15) is 54.5 Å². The number of nitrogens with one attached hydrogen (secondary N) is 2. The number of nitrogens with zero attached hydrogens (tertiary/aromatic N) is 2. The molecule has 2 aliphatic heterocycles. The molecule has 3 aliphatic rings. The van der Waals surface area contributed by atoms with Gasteiger partial charge in [-0.2, -0.15) is 0 Å². The first-order chi connectivity index (χ1) is 18.2. The average molecular weight is 521 g/mol. The maximum atomic E-state index is 13.6. The van der Waals surface area contributed by atoms with E-state index in [2.05, 4.69) is 10.6 Å². The number of carbonyl (C=O) groups excluding carboxylic acids is 4. The van der Waals surface area contributed by atoms with Crippen LogP contribution in [0.15, 0.2) is 36.4 Å². The molecule has 5 amide bonds. The maximum Gasteiger partial charge on any atom is 0.418 e. The molecule has 1 spiro atoms. The summed E-state index contributed by atoms with van der Waals surface area (Å²) >= 11 is 0. The number of carbonyl (C=O) groups is 4. The van der Waals surface area contributed by atoms with Crippen molar-refractivity contribution >= 4 is 29.6 Å². The van der Waals surface area contributed by atoms with Gasteiger partial charge in [-0.05, 0) is 74.1 Å². The number of hydrogen-bond donors (Lipinski definition) is 2. The topological polar surface area (TPSA) is 117 Å². The number of ether oxygens (including phenoxy) is 2. The molecule has 10 nitrogen and oxygen atoms in total. The second kappa shape index (κ2) is 9.66. The third-order valence-corrected chi connectivity index (χ3v) is 7.93. The summed E-state index contributed by atoms with van der Waals surface area (Å²) in [5.74, 6) is -0.0641. The molecule has 38 heavy (non-hydrogen) atoms. The van der Waals surface area contributed by atoms with Crippen LogP contribution < -0.4 is 15.4 Å². The fraction of sp³-hybridized carbons (Fsp3) is 0.429. The van der Waals surface area contributed by atoms with E-state index in [1.54, 1.807) is 30.2 Å². The fourth-order valence-corrected chi connectivity index (χ4v) is 6.00. The Hall–Kier alpha value is -4.08. The molecular formula is C28H32N4O6. The predicted molar refractivity (Wildman–Crippen MR) is 139 cm³/mol. The van der Waals surface area contributed by atoms with Gasteiger partial charge in [0.15, 0.2) is 0 Å². The molecule has 2 fully saturated rings. The van der Waals surface area contributed by atoms with Crippen LogP contribution in [-0.4, -0.2) is 60.5 Å². The van der Waals surface area contributed by atoms with E-state index in [-0.39, 0.29) is 37.0 Å². The second-order valence-corrected chi connectivity index (χ2v) is 10.1. The molecule has 2 N–H and O–H groups in total. The number of likely N-dealkylation sites (tertiary alicyclic amines) is 1. The highest BCUT2D eigenvalue weighted by molar-refractivity contribution is 6.06. The number of aryl methyl sites for hydroxylation is 2. The SMILES string of the molecule is CNC(=O)Nc1ccc2c(c1)CC[C@@]21OC(=O)N(CC(=O)N2[C@@H](C)CC[C@H]2c2ccc(OC)cc2C)C1=O. The van der Waals surface area contributed by atoms with Gasteiger partial charge >= 0.3 is 12.1 Å². The third-order valence-electron chi connectivity index (χ3n) is 7.93. The summed E-state index contributed by atoms with van der Waals surface area (Å²) in [4.78, 5) is 54.6. The highest BCUT2D eigenvalue weighted by Gasteiger charge is 2.58. The Kier molecular flexibility index (Phi) is 6.50. The monoisotopic (exact) mass is 520 g/mol. The number of fused-ring (bicyclic) bond motifs is 2. The van der Waals surface area contributed by atoms with Crippen LogP contribution in [-0.2, 0) is 26.3 Å². The quantitative estimate of drug-likeness (QED) is 0.622. The molecule has 10 heteroatoms. The number of amides is 5. The Balaban J connectivity index is 1.36. The summed E-state index contributed by atoms with van der Waals surface area (Å²) in [5, 5.41) is 5.20. The first-order valence-corrected chi connectivity index (χ1v) is 12.8. The zero-order valence-corrected chi connectivity index (χ0v) is 22.0.